The van der Waals surface area contributed by atoms with Crippen LogP contribution in [0.15, 0.2) is 59.6 Å². The first-order valence-corrected chi connectivity index (χ1v) is 6.50. The maximum Gasteiger partial charge on any atom is 0.258 e. The van der Waals surface area contributed by atoms with Crippen molar-refractivity contribution in [2.75, 3.05) is 0 Å². The van der Waals surface area contributed by atoms with E-state index < -0.39 is 0 Å². The first-order valence-electron chi connectivity index (χ1n) is 6.50. The zero-order chi connectivity index (χ0) is 14.8. The molecule has 0 fully saturated rings. The van der Waals surface area contributed by atoms with Crippen LogP contribution in [0.1, 0.15) is 17.0 Å². The molecule has 3 aromatic rings. The fraction of sp³-hybridized carbons (Fsp3) is 0.0588. The van der Waals surface area contributed by atoms with E-state index in [9.17, 15) is 4.39 Å². The molecule has 0 N–H and O–H groups in total. The van der Waals surface area contributed by atoms with E-state index in [1.54, 1.807) is 12.1 Å². The molecule has 0 aliphatic carbocycles. The smallest absolute Gasteiger partial charge is 0.258 e. The highest BCUT2D eigenvalue weighted by molar-refractivity contribution is 5.74. The molecule has 0 unspecified atom stereocenters. The Balaban J connectivity index is 1.95. The van der Waals surface area contributed by atoms with Gasteiger partial charge >= 0.3 is 0 Å². The molecule has 3 nitrogen and oxygen atoms in total. The van der Waals surface area contributed by atoms with Crippen molar-refractivity contribution in [2.45, 2.75) is 6.92 Å². The molecule has 104 valence electrons. The van der Waals surface area contributed by atoms with Crippen LogP contribution in [0.5, 0.6) is 0 Å². The molecule has 2 aromatic carbocycles. The average Bonchev–Trinajstić information content (AvgIpc) is 2.96. The highest BCUT2D eigenvalue weighted by Gasteiger charge is 2.14. The van der Waals surface area contributed by atoms with Crippen molar-refractivity contribution < 1.29 is 8.91 Å². The Morgan fingerprint density at radius 2 is 1.95 bits per heavy atom. The number of rotatable bonds is 3. The van der Waals surface area contributed by atoms with E-state index in [1.807, 2.05) is 31.2 Å². The Kier molecular flexibility index (Phi) is 3.36. The Morgan fingerprint density at radius 3 is 2.71 bits per heavy atom. The molecule has 0 aliphatic heterocycles. The van der Waals surface area contributed by atoms with Crippen LogP contribution in [0.2, 0.25) is 0 Å². The molecule has 0 aliphatic rings. The van der Waals surface area contributed by atoms with Crippen molar-refractivity contribution in [1.82, 2.24) is 10.1 Å². The van der Waals surface area contributed by atoms with Gasteiger partial charge in [0.15, 0.2) is 0 Å². The van der Waals surface area contributed by atoms with E-state index in [2.05, 4.69) is 16.7 Å². The summed E-state index contributed by atoms with van der Waals surface area (Å²) < 4.78 is 18.5. The molecule has 0 amide bonds. The number of aromatic nitrogens is 2. The standard InChI is InChI=1S/C17H13FN2O/c1-11-6-3-4-9-15(11)16-19-17(21-20-16)12(2)13-7-5-8-14(18)10-13/h3-10H,2H2,1H3. The molecule has 0 radical (unpaired) electrons. The zero-order valence-corrected chi connectivity index (χ0v) is 11.5. The molecule has 1 aromatic heterocycles. The number of aryl methyl sites for hydroxylation is 1. The maximum atomic E-state index is 13.3. The minimum Gasteiger partial charge on any atom is -0.334 e. The van der Waals surface area contributed by atoms with Crippen LogP contribution in [0.3, 0.4) is 0 Å². The van der Waals surface area contributed by atoms with Crippen molar-refractivity contribution in [1.29, 1.82) is 0 Å². The quantitative estimate of drug-likeness (QED) is 0.720. The molecule has 0 saturated carbocycles. The molecule has 0 saturated heterocycles. The molecule has 21 heavy (non-hydrogen) atoms. The lowest BCUT2D eigenvalue weighted by Crippen LogP contribution is -1.89. The summed E-state index contributed by atoms with van der Waals surface area (Å²) in [6, 6.07) is 13.9. The fourth-order valence-electron chi connectivity index (χ4n) is 2.08. The second kappa shape index (κ2) is 5.32. The third-order valence-corrected chi connectivity index (χ3v) is 3.24. The number of benzene rings is 2. The van der Waals surface area contributed by atoms with Gasteiger partial charge in [0.25, 0.3) is 5.89 Å². The molecule has 4 heteroatoms. The number of hydrogen-bond donors (Lipinski definition) is 0. The first-order chi connectivity index (χ1) is 10.1. The summed E-state index contributed by atoms with van der Waals surface area (Å²) in [4.78, 5) is 4.35. The number of nitrogens with zero attached hydrogens (tertiary/aromatic N) is 2. The van der Waals surface area contributed by atoms with Gasteiger partial charge in [-0.2, -0.15) is 4.98 Å². The van der Waals surface area contributed by atoms with E-state index in [4.69, 9.17) is 4.52 Å². The zero-order valence-electron chi connectivity index (χ0n) is 11.5. The number of hydrogen-bond acceptors (Lipinski definition) is 3. The van der Waals surface area contributed by atoms with Gasteiger partial charge in [-0.3, -0.25) is 0 Å². The Labute approximate surface area is 121 Å². The van der Waals surface area contributed by atoms with E-state index in [0.29, 0.717) is 22.9 Å². The Hall–Kier alpha value is -2.75. The SMILES string of the molecule is C=C(c1cccc(F)c1)c1nc(-c2ccccc2C)no1. The van der Waals surface area contributed by atoms with Gasteiger partial charge in [0.2, 0.25) is 5.82 Å². The second-order valence-electron chi connectivity index (χ2n) is 4.73. The van der Waals surface area contributed by atoms with Crippen molar-refractivity contribution in [2.24, 2.45) is 0 Å². The van der Waals surface area contributed by atoms with Crippen LogP contribution in [0, 0.1) is 12.7 Å². The van der Waals surface area contributed by atoms with Crippen molar-refractivity contribution >= 4 is 5.57 Å². The average molecular weight is 280 g/mol. The van der Waals surface area contributed by atoms with E-state index in [0.717, 1.165) is 11.1 Å². The maximum absolute atomic E-state index is 13.3. The molecule has 1 heterocycles. The molecule has 0 atom stereocenters. The Bertz CT molecular complexity index is 808. The van der Waals surface area contributed by atoms with Gasteiger partial charge in [-0.1, -0.05) is 48.1 Å². The van der Waals surface area contributed by atoms with Crippen LogP contribution >= 0.6 is 0 Å². The van der Waals surface area contributed by atoms with Crippen LogP contribution < -0.4 is 0 Å². The topological polar surface area (TPSA) is 38.9 Å². The molecule has 0 spiro atoms. The third-order valence-electron chi connectivity index (χ3n) is 3.24. The summed E-state index contributed by atoms with van der Waals surface area (Å²) in [6.07, 6.45) is 0. The van der Waals surface area contributed by atoms with Gasteiger partial charge < -0.3 is 4.52 Å². The summed E-state index contributed by atoms with van der Waals surface area (Å²) in [7, 11) is 0. The lowest BCUT2D eigenvalue weighted by atomic mass is 10.1. The predicted molar refractivity (Wildman–Crippen MR) is 79.0 cm³/mol. The van der Waals surface area contributed by atoms with E-state index >= 15 is 0 Å². The largest absolute Gasteiger partial charge is 0.334 e. The van der Waals surface area contributed by atoms with Crippen LogP contribution in [-0.4, -0.2) is 10.1 Å². The highest BCUT2D eigenvalue weighted by atomic mass is 19.1. The van der Waals surface area contributed by atoms with E-state index in [-0.39, 0.29) is 5.82 Å². The van der Waals surface area contributed by atoms with Crippen LogP contribution in [0.4, 0.5) is 4.39 Å². The van der Waals surface area contributed by atoms with Gasteiger partial charge in [0.1, 0.15) is 5.82 Å². The normalized spacial score (nSPS) is 10.6. The highest BCUT2D eigenvalue weighted by Crippen LogP contribution is 2.25. The summed E-state index contributed by atoms with van der Waals surface area (Å²) in [5, 5.41) is 3.98. The Morgan fingerprint density at radius 1 is 1.14 bits per heavy atom. The summed E-state index contributed by atoms with van der Waals surface area (Å²) in [6.45, 7) is 5.88. The monoisotopic (exact) mass is 280 g/mol. The minimum absolute atomic E-state index is 0.291. The molecular formula is C17H13FN2O. The van der Waals surface area contributed by atoms with E-state index in [1.165, 1.54) is 12.1 Å². The van der Waals surface area contributed by atoms with Crippen molar-refractivity contribution in [3.05, 3.63) is 77.9 Å². The van der Waals surface area contributed by atoms with Crippen LogP contribution in [-0.2, 0) is 0 Å². The van der Waals surface area contributed by atoms with Gasteiger partial charge in [-0.15, -0.1) is 0 Å². The number of halogens is 1. The minimum atomic E-state index is -0.327. The van der Waals surface area contributed by atoms with Gasteiger partial charge in [0.05, 0.1) is 0 Å². The van der Waals surface area contributed by atoms with Crippen LogP contribution in [0.25, 0.3) is 17.0 Å². The van der Waals surface area contributed by atoms with Gasteiger partial charge in [-0.05, 0) is 30.2 Å². The second-order valence-corrected chi connectivity index (χ2v) is 4.73. The summed E-state index contributed by atoms with van der Waals surface area (Å²) in [5.74, 6) is 0.465. The molecular weight excluding hydrogens is 267 g/mol. The lowest BCUT2D eigenvalue weighted by Gasteiger charge is -2.00. The van der Waals surface area contributed by atoms with Crippen molar-refractivity contribution in [3.8, 4) is 11.4 Å². The summed E-state index contributed by atoms with van der Waals surface area (Å²) in [5.41, 5.74) is 3.08. The van der Waals surface area contributed by atoms with Gasteiger partial charge in [0, 0.05) is 11.1 Å². The first kappa shape index (κ1) is 13.2. The lowest BCUT2D eigenvalue weighted by molar-refractivity contribution is 0.409. The summed E-state index contributed by atoms with van der Waals surface area (Å²) >= 11 is 0. The molecule has 0 bridgehead atoms. The predicted octanol–water partition coefficient (Wildman–Crippen LogP) is 4.25. The third kappa shape index (κ3) is 2.60. The fourth-order valence-corrected chi connectivity index (χ4v) is 2.08. The van der Waals surface area contributed by atoms with Gasteiger partial charge in [-0.25, -0.2) is 4.39 Å². The molecule has 3 rings (SSSR count). The van der Waals surface area contributed by atoms with Crippen molar-refractivity contribution in [3.63, 3.8) is 0 Å².